The molecule has 6 atom stereocenters. The minimum absolute atomic E-state index is 0.329. The minimum Gasteiger partial charge on any atom is -0.385 e. The van der Waals surface area contributed by atoms with Gasteiger partial charge >= 0.3 is 0 Å². The van der Waals surface area contributed by atoms with Crippen LogP contribution in [-0.4, -0.2) is 56.1 Å². The van der Waals surface area contributed by atoms with E-state index in [1.54, 1.807) is 0 Å². The maximum Gasteiger partial charge on any atom is 0.186 e. The van der Waals surface area contributed by atoms with Crippen molar-refractivity contribution in [3.05, 3.63) is 35.9 Å². The number of unbranched alkanes of at least 4 members (excludes halogenated alkanes) is 1. The lowest BCUT2D eigenvalue weighted by molar-refractivity contribution is -0.362. The van der Waals surface area contributed by atoms with Crippen molar-refractivity contribution < 1.29 is 28.8 Å². The van der Waals surface area contributed by atoms with E-state index in [1.165, 1.54) is 7.11 Å². The van der Waals surface area contributed by atoms with E-state index in [0.717, 1.165) is 18.4 Å². The van der Waals surface area contributed by atoms with Gasteiger partial charge in [0.05, 0.1) is 6.61 Å². The number of hydrogen-bond donors (Lipinski definition) is 1. The number of benzene rings is 1. The number of rotatable bonds is 6. The third kappa shape index (κ3) is 3.79. The highest BCUT2D eigenvalue weighted by atomic mass is 16.8. The van der Waals surface area contributed by atoms with Gasteiger partial charge in [0.15, 0.2) is 12.6 Å². The predicted octanol–water partition coefficient (Wildman–Crippen LogP) is 2.02. The molecule has 134 valence electrons. The first kappa shape index (κ1) is 17.8. The predicted molar refractivity (Wildman–Crippen MR) is 86.3 cm³/mol. The van der Waals surface area contributed by atoms with Gasteiger partial charge in [-0.05, 0) is 6.42 Å². The van der Waals surface area contributed by atoms with Crippen molar-refractivity contribution in [1.29, 1.82) is 0 Å². The van der Waals surface area contributed by atoms with Crippen molar-refractivity contribution in [2.75, 3.05) is 20.3 Å². The summed E-state index contributed by atoms with van der Waals surface area (Å²) < 4.78 is 28.8. The van der Waals surface area contributed by atoms with Crippen LogP contribution in [0.15, 0.2) is 30.3 Å². The monoisotopic (exact) mass is 338 g/mol. The molecule has 0 unspecified atom stereocenters. The zero-order valence-corrected chi connectivity index (χ0v) is 14.2. The van der Waals surface area contributed by atoms with Crippen LogP contribution in [-0.2, 0) is 23.7 Å². The zero-order valence-electron chi connectivity index (χ0n) is 14.2. The van der Waals surface area contributed by atoms with Gasteiger partial charge in [0.1, 0.15) is 24.4 Å². The molecule has 2 heterocycles. The third-order valence-corrected chi connectivity index (χ3v) is 4.42. The summed E-state index contributed by atoms with van der Waals surface area (Å²) in [6, 6.07) is 9.74. The molecule has 1 N–H and O–H groups in total. The van der Waals surface area contributed by atoms with E-state index in [1.807, 2.05) is 30.3 Å². The van der Waals surface area contributed by atoms with Gasteiger partial charge < -0.3 is 28.8 Å². The molecule has 3 rings (SSSR count). The number of methoxy groups -OCH3 is 1. The van der Waals surface area contributed by atoms with Crippen molar-refractivity contribution in [2.45, 2.75) is 56.8 Å². The molecule has 2 aliphatic rings. The van der Waals surface area contributed by atoms with Crippen LogP contribution < -0.4 is 0 Å². The van der Waals surface area contributed by atoms with Crippen molar-refractivity contribution in [3.8, 4) is 0 Å². The second-order valence-electron chi connectivity index (χ2n) is 6.13. The molecule has 24 heavy (non-hydrogen) atoms. The van der Waals surface area contributed by atoms with Crippen LogP contribution in [0.1, 0.15) is 31.6 Å². The molecule has 0 radical (unpaired) electrons. The first-order valence-corrected chi connectivity index (χ1v) is 8.54. The maximum absolute atomic E-state index is 10.5. The summed E-state index contributed by atoms with van der Waals surface area (Å²) in [6.45, 7) is 3.03. The van der Waals surface area contributed by atoms with E-state index < -0.39 is 30.9 Å². The Bertz CT molecular complexity index is 496. The Morgan fingerprint density at radius 2 is 2.00 bits per heavy atom. The SMILES string of the molecule is CCCCO[C@H]1[C@H](O)[C@@H](OC)O[C@@H]2CO[C@@H](c3ccccc3)O[C@@H]12. The van der Waals surface area contributed by atoms with Crippen molar-refractivity contribution in [2.24, 2.45) is 0 Å². The van der Waals surface area contributed by atoms with Crippen LogP contribution >= 0.6 is 0 Å². The summed E-state index contributed by atoms with van der Waals surface area (Å²) in [5.74, 6) is 0. The average molecular weight is 338 g/mol. The van der Waals surface area contributed by atoms with Crippen molar-refractivity contribution in [1.82, 2.24) is 0 Å². The minimum atomic E-state index is -0.900. The largest absolute Gasteiger partial charge is 0.385 e. The third-order valence-electron chi connectivity index (χ3n) is 4.42. The molecule has 0 aromatic heterocycles. The first-order valence-electron chi connectivity index (χ1n) is 8.54. The molecule has 2 saturated heterocycles. The highest BCUT2D eigenvalue weighted by Crippen LogP contribution is 2.35. The van der Waals surface area contributed by atoms with Crippen LogP contribution in [0.5, 0.6) is 0 Å². The fourth-order valence-electron chi connectivity index (χ4n) is 3.09. The standard InChI is InChI=1S/C18H26O6/c1-3-4-10-21-16-14(19)18(20-2)23-13-11-22-17(24-15(13)16)12-8-6-5-7-9-12/h5-9,13-19H,3-4,10-11H2,1-2H3/t13-,14+,15-,16+,17-,18+/m1/s1. The van der Waals surface area contributed by atoms with Crippen LogP contribution in [0, 0.1) is 0 Å². The lowest BCUT2D eigenvalue weighted by Gasteiger charge is -2.47. The van der Waals surface area contributed by atoms with E-state index in [9.17, 15) is 5.11 Å². The van der Waals surface area contributed by atoms with Crippen LogP contribution in [0.3, 0.4) is 0 Å². The smallest absolute Gasteiger partial charge is 0.186 e. The molecule has 0 amide bonds. The molecule has 2 aliphatic heterocycles. The van der Waals surface area contributed by atoms with Gasteiger partial charge in [-0.3, -0.25) is 0 Å². The second-order valence-corrected chi connectivity index (χ2v) is 6.13. The summed E-state index contributed by atoms with van der Waals surface area (Å²) in [6.07, 6.45) is -1.40. The molecule has 1 aromatic rings. The molecule has 1 aromatic carbocycles. The molecular weight excluding hydrogens is 312 g/mol. The second kappa shape index (κ2) is 8.38. The van der Waals surface area contributed by atoms with Gasteiger partial charge in [-0.25, -0.2) is 0 Å². The van der Waals surface area contributed by atoms with E-state index in [2.05, 4.69) is 6.92 Å². The Morgan fingerprint density at radius 1 is 1.21 bits per heavy atom. The average Bonchev–Trinajstić information content (AvgIpc) is 2.63. The van der Waals surface area contributed by atoms with Gasteiger partial charge in [-0.1, -0.05) is 43.7 Å². The zero-order chi connectivity index (χ0) is 16.9. The van der Waals surface area contributed by atoms with Crippen LogP contribution in [0.4, 0.5) is 0 Å². The van der Waals surface area contributed by atoms with Crippen LogP contribution in [0.25, 0.3) is 0 Å². The van der Waals surface area contributed by atoms with E-state index in [4.69, 9.17) is 23.7 Å². The van der Waals surface area contributed by atoms with Crippen LogP contribution in [0.2, 0.25) is 0 Å². The molecule has 6 heteroatoms. The Hall–Kier alpha value is -1.02. The van der Waals surface area contributed by atoms with Gasteiger partial charge in [-0.2, -0.15) is 0 Å². The van der Waals surface area contributed by atoms with Crippen molar-refractivity contribution >= 4 is 0 Å². The topological polar surface area (TPSA) is 66.4 Å². The summed E-state index contributed by atoms with van der Waals surface area (Å²) in [5.41, 5.74) is 0.937. The molecule has 6 nitrogen and oxygen atoms in total. The Balaban J connectivity index is 1.73. The van der Waals surface area contributed by atoms with Gasteiger partial charge in [-0.15, -0.1) is 0 Å². The number of aliphatic hydroxyl groups excluding tert-OH is 1. The maximum atomic E-state index is 10.5. The van der Waals surface area contributed by atoms with Gasteiger partial charge in [0, 0.05) is 19.3 Å². The lowest BCUT2D eigenvalue weighted by atomic mass is 9.97. The lowest BCUT2D eigenvalue weighted by Crippen LogP contribution is -2.62. The molecule has 0 spiro atoms. The molecule has 2 fully saturated rings. The first-order chi connectivity index (χ1) is 11.7. The number of ether oxygens (including phenoxy) is 5. The Kier molecular flexibility index (Phi) is 6.21. The molecule has 0 bridgehead atoms. The fraction of sp³-hybridized carbons (Fsp3) is 0.667. The van der Waals surface area contributed by atoms with E-state index in [0.29, 0.717) is 13.2 Å². The highest BCUT2D eigenvalue weighted by molar-refractivity contribution is 5.16. The van der Waals surface area contributed by atoms with Gasteiger partial charge in [0.25, 0.3) is 0 Å². The summed E-state index contributed by atoms with van der Waals surface area (Å²) in [4.78, 5) is 0. The number of fused-ring (bicyclic) bond motifs is 1. The quantitative estimate of drug-likeness (QED) is 0.801. The summed E-state index contributed by atoms with van der Waals surface area (Å²) in [7, 11) is 1.51. The van der Waals surface area contributed by atoms with Gasteiger partial charge in [0.2, 0.25) is 0 Å². The van der Waals surface area contributed by atoms with E-state index >= 15 is 0 Å². The number of hydrogen-bond acceptors (Lipinski definition) is 6. The Morgan fingerprint density at radius 3 is 2.71 bits per heavy atom. The number of aliphatic hydroxyl groups is 1. The molecule has 0 saturated carbocycles. The van der Waals surface area contributed by atoms with E-state index in [-0.39, 0.29) is 6.10 Å². The molecule has 0 aliphatic carbocycles. The molecular formula is C18H26O6. The normalized spacial score (nSPS) is 36.3. The summed E-state index contributed by atoms with van der Waals surface area (Å²) in [5, 5.41) is 10.5. The highest BCUT2D eigenvalue weighted by Gasteiger charge is 2.50. The fourth-order valence-corrected chi connectivity index (χ4v) is 3.09. The summed E-state index contributed by atoms with van der Waals surface area (Å²) >= 11 is 0. The van der Waals surface area contributed by atoms with Crippen molar-refractivity contribution in [3.63, 3.8) is 0 Å². The Labute approximate surface area is 142 Å².